The minimum atomic E-state index is 0.737. The Morgan fingerprint density at radius 1 is 1.28 bits per heavy atom. The van der Waals surface area contributed by atoms with E-state index < -0.39 is 0 Å². The van der Waals surface area contributed by atoms with Gasteiger partial charge in [0.2, 0.25) is 0 Å². The van der Waals surface area contributed by atoms with E-state index in [4.69, 9.17) is 0 Å². The second-order valence-corrected chi connectivity index (χ2v) is 4.28. The lowest BCUT2D eigenvalue weighted by atomic mass is 10.2. The van der Waals surface area contributed by atoms with Crippen LogP contribution in [-0.4, -0.2) is 38.3 Å². The summed E-state index contributed by atoms with van der Waals surface area (Å²) in [5, 5.41) is 11.1. The molecule has 0 spiro atoms. The minimum Gasteiger partial charge on any atom is -0.373 e. The highest BCUT2D eigenvalue weighted by molar-refractivity contribution is 5.57. The van der Waals surface area contributed by atoms with Gasteiger partial charge in [0.25, 0.3) is 0 Å². The first kappa shape index (κ1) is 10.9. The van der Waals surface area contributed by atoms with Gasteiger partial charge in [0, 0.05) is 25.7 Å². The van der Waals surface area contributed by atoms with Crippen molar-refractivity contribution in [2.75, 3.05) is 23.8 Å². The summed E-state index contributed by atoms with van der Waals surface area (Å²) in [4.78, 5) is 10.8. The molecule has 0 aliphatic carbocycles. The Bertz CT molecular complexity index is 562. The fraction of sp³-hybridized carbons (Fsp3) is 0.455. The Labute approximate surface area is 105 Å². The SMILES string of the molecule is CNc1ncnc(N2CCn3cnnc3C2)c1C. The van der Waals surface area contributed by atoms with E-state index in [2.05, 4.69) is 34.9 Å². The van der Waals surface area contributed by atoms with Crippen LogP contribution < -0.4 is 10.2 Å². The Hall–Kier alpha value is -2.18. The number of fused-ring (bicyclic) bond motifs is 1. The van der Waals surface area contributed by atoms with Crippen molar-refractivity contribution in [1.82, 2.24) is 24.7 Å². The number of rotatable bonds is 2. The molecule has 0 saturated heterocycles. The lowest BCUT2D eigenvalue weighted by molar-refractivity contribution is 0.555. The molecule has 0 amide bonds. The van der Waals surface area contributed by atoms with Gasteiger partial charge < -0.3 is 14.8 Å². The molecule has 1 aliphatic heterocycles. The predicted octanol–water partition coefficient (Wildman–Crippen LogP) is 0.438. The van der Waals surface area contributed by atoms with Crippen molar-refractivity contribution in [1.29, 1.82) is 0 Å². The van der Waals surface area contributed by atoms with Crippen LogP contribution in [0.25, 0.3) is 0 Å². The van der Waals surface area contributed by atoms with Crippen LogP contribution in [0.4, 0.5) is 11.6 Å². The fourth-order valence-electron chi connectivity index (χ4n) is 2.26. The van der Waals surface area contributed by atoms with Crippen LogP contribution in [0.5, 0.6) is 0 Å². The van der Waals surface area contributed by atoms with E-state index in [1.54, 1.807) is 12.7 Å². The van der Waals surface area contributed by atoms with Crippen molar-refractivity contribution in [3.8, 4) is 0 Å². The summed E-state index contributed by atoms with van der Waals surface area (Å²) < 4.78 is 2.08. The van der Waals surface area contributed by atoms with Crippen molar-refractivity contribution in [3.05, 3.63) is 24.0 Å². The van der Waals surface area contributed by atoms with Crippen LogP contribution in [0.2, 0.25) is 0 Å². The highest BCUT2D eigenvalue weighted by Crippen LogP contribution is 2.24. The van der Waals surface area contributed by atoms with Crippen molar-refractivity contribution in [3.63, 3.8) is 0 Å². The number of hydrogen-bond donors (Lipinski definition) is 1. The molecule has 0 unspecified atom stereocenters. The second-order valence-electron chi connectivity index (χ2n) is 4.28. The van der Waals surface area contributed by atoms with Crippen LogP contribution in [0.1, 0.15) is 11.4 Å². The second kappa shape index (κ2) is 4.25. The molecule has 94 valence electrons. The average molecular weight is 245 g/mol. The van der Waals surface area contributed by atoms with Gasteiger partial charge in [0.15, 0.2) is 5.82 Å². The fourth-order valence-corrected chi connectivity index (χ4v) is 2.26. The molecule has 3 rings (SSSR count). The average Bonchev–Trinajstić information content (AvgIpc) is 2.86. The number of hydrogen-bond acceptors (Lipinski definition) is 6. The molecule has 18 heavy (non-hydrogen) atoms. The minimum absolute atomic E-state index is 0.737. The number of aromatic nitrogens is 5. The summed E-state index contributed by atoms with van der Waals surface area (Å²) in [7, 11) is 1.87. The van der Waals surface area contributed by atoms with Gasteiger partial charge in [0.1, 0.15) is 24.3 Å². The molecule has 7 heteroatoms. The van der Waals surface area contributed by atoms with Gasteiger partial charge in [-0.05, 0) is 6.92 Å². The van der Waals surface area contributed by atoms with Gasteiger partial charge in [0.05, 0.1) is 6.54 Å². The highest BCUT2D eigenvalue weighted by Gasteiger charge is 2.20. The third kappa shape index (κ3) is 1.68. The zero-order chi connectivity index (χ0) is 12.5. The van der Waals surface area contributed by atoms with Crippen LogP contribution >= 0.6 is 0 Å². The van der Waals surface area contributed by atoms with Crippen molar-refractivity contribution in [2.45, 2.75) is 20.0 Å². The maximum absolute atomic E-state index is 4.39. The zero-order valence-corrected chi connectivity index (χ0v) is 10.5. The topological polar surface area (TPSA) is 71.8 Å². The third-order valence-corrected chi connectivity index (χ3v) is 3.23. The van der Waals surface area contributed by atoms with Crippen molar-refractivity contribution >= 4 is 11.6 Å². The van der Waals surface area contributed by atoms with Gasteiger partial charge in [-0.15, -0.1) is 10.2 Å². The lowest BCUT2D eigenvalue weighted by Crippen LogP contribution is -2.34. The first-order chi connectivity index (χ1) is 8.79. The molecule has 0 bridgehead atoms. The van der Waals surface area contributed by atoms with Gasteiger partial charge in [-0.3, -0.25) is 0 Å². The summed E-state index contributed by atoms with van der Waals surface area (Å²) >= 11 is 0. The van der Waals surface area contributed by atoms with E-state index in [9.17, 15) is 0 Å². The third-order valence-electron chi connectivity index (χ3n) is 3.23. The molecule has 1 aliphatic rings. The van der Waals surface area contributed by atoms with E-state index in [0.717, 1.165) is 42.7 Å². The molecule has 3 heterocycles. The molecule has 0 saturated carbocycles. The highest BCUT2D eigenvalue weighted by atomic mass is 15.3. The van der Waals surface area contributed by atoms with Crippen molar-refractivity contribution < 1.29 is 0 Å². The van der Waals surface area contributed by atoms with Crippen LogP contribution in [-0.2, 0) is 13.1 Å². The van der Waals surface area contributed by atoms with Gasteiger partial charge in [-0.2, -0.15) is 0 Å². The van der Waals surface area contributed by atoms with Crippen LogP contribution in [0.15, 0.2) is 12.7 Å². The van der Waals surface area contributed by atoms with E-state index in [-0.39, 0.29) is 0 Å². The molecule has 0 atom stereocenters. The molecular weight excluding hydrogens is 230 g/mol. The maximum Gasteiger partial charge on any atom is 0.152 e. The Morgan fingerprint density at radius 3 is 3.00 bits per heavy atom. The largest absolute Gasteiger partial charge is 0.373 e. The standard InChI is InChI=1S/C11H15N7/c1-8-10(12-2)13-6-14-11(8)17-3-4-18-7-15-16-9(18)5-17/h6-7H,3-5H2,1-2H3,(H,12,13,14). The zero-order valence-electron chi connectivity index (χ0n) is 10.5. The molecule has 2 aromatic heterocycles. The number of nitrogens with one attached hydrogen (secondary N) is 1. The predicted molar refractivity (Wildman–Crippen MR) is 67.4 cm³/mol. The molecular formula is C11H15N7. The normalized spacial score (nSPS) is 14.4. The summed E-state index contributed by atoms with van der Waals surface area (Å²) in [6, 6.07) is 0. The molecule has 0 radical (unpaired) electrons. The number of anilines is 2. The molecule has 2 aromatic rings. The maximum atomic E-state index is 4.39. The van der Waals surface area contributed by atoms with Crippen LogP contribution in [0.3, 0.4) is 0 Å². The smallest absolute Gasteiger partial charge is 0.152 e. The summed E-state index contributed by atoms with van der Waals surface area (Å²) in [5.41, 5.74) is 1.06. The summed E-state index contributed by atoms with van der Waals surface area (Å²) in [6.07, 6.45) is 3.37. The van der Waals surface area contributed by atoms with E-state index in [1.165, 1.54) is 0 Å². The van der Waals surface area contributed by atoms with Gasteiger partial charge in [-0.1, -0.05) is 0 Å². The first-order valence-corrected chi connectivity index (χ1v) is 5.90. The monoisotopic (exact) mass is 245 g/mol. The first-order valence-electron chi connectivity index (χ1n) is 5.90. The molecule has 0 aromatic carbocycles. The Kier molecular flexibility index (Phi) is 2.58. The van der Waals surface area contributed by atoms with Crippen LogP contribution in [0, 0.1) is 6.92 Å². The summed E-state index contributed by atoms with van der Waals surface area (Å²) in [5.74, 6) is 2.81. The quantitative estimate of drug-likeness (QED) is 0.827. The van der Waals surface area contributed by atoms with E-state index in [0.29, 0.717) is 0 Å². The van der Waals surface area contributed by atoms with Crippen molar-refractivity contribution in [2.24, 2.45) is 0 Å². The van der Waals surface area contributed by atoms with E-state index in [1.807, 2.05) is 14.0 Å². The number of nitrogens with zero attached hydrogens (tertiary/aromatic N) is 6. The molecule has 1 N–H and O–H groups in total. The Balaban J connectivity index is 1.93. The molecule has 7 nitrogen and oxygen atoms in total. The molecule has 0 fully saturated rings. The van der Waals surface area contributed by atoms with Gasteiger partial charge >= 0.3 is 0 Å². The van der Waals surface area contributed by atoms with E-state index >= 15 is 0 Å². The lowest BCUT2D eigenvalue weighted by Gasteiger charge is -2.29. The Morgan fingerprint density at radius 2 is 2.17 bits per heavy atom. The van der Waals surface area contributed by atoms with Gasteiger partial charge in [-0.25, -0.2) is 9.97 Å². The summed E-state index contributed by atoms with van der Waals surface area (Å²) in [6.45, 7) is 4.56.